The second-order valence-corrected chi connectivity index (χ2v) is 4.11. The number of rotatable bonds is 4. The van der Waals surface area contributed by atoms with E-state index in [0.29, 0.717) is 6.42 Å². The molecule has 17 heavy (non-hydrogen) atoms. The first-order valence-electron chi connectivity index (χ1n) is 5.75. The first kappa shape index (κ1) is 11.5. The number of carbonyl (C=O) groups excluding carboxylic acids is 1. The number of aromatic nitrogens is 1. The van der Waals surface area contributed by atoms with Crippen LogP contribution < -0.4 is 0 Å². The maximum atomic E-state index is 12.0. The molecule has 0 saturated heterocycles. The summed E-state index contributed by atoms with van der Waals surface area (Å²) in [6.07, 6.45) is 3.03. The second kappa shape index (κ2) is 4.91. The van der Waals surface area contributed by atoms with Crippen LogP contribution >= 0.6 is 0 Å². The van der Waals surface area contributed by atoms with Crippen molar-refractivity contribution in [2.45, 2.75) is 19.8 Å². The van der Waals surface area contributed by atoms with Crippen molar-refractivity contribution in [2.24, 2.45) is 0 Å². The lowest BCUT2D eigenvalue weighted by Gasteiger charge is -2.03. The molecule has 0 bridgehead atoms. The van der Waals surface area contributed by atoms with Gasteiger partial charge in [0.2, 0.25) is 0 Å². The van der Waals surface area contributed by atoms with Crippen molar-refractivity contribution in [3.05, 3.63) is 54.2 Å². The minimum absolute atomic E-state index is 0.127. The normalized spacial score (nSPS) is 10.4. The number of hydrogen-bond acceptors (Lipinski definition) is 2. The summed E-state index contributed by atoms with van der Waals surface area (Å²) in [5.74, 6) is 0.127. The predicted octanol–water partition coefficient (Wildman–Crippen LogP) is 3.77. The van der Waals surface area contributed by atoms with Gasteiger partial charge in [-0.1, -0.05) is 25.1 Å². The number of nitrogens with zero attached hydrogens (tertiary/aromatic N) is 1. The Hall–Kier alpha value is -1.96. The first-order chi connectivity index (χ1) is 8.20. The number of Topliss-reactive ketones (excluding diaryl/α,β-unsaturated/α-hetero) is 1. The zero-order valence-corrected chi connectivity index (χ0v) is 9.94. The Morgan fingerprint density at radius 3 is 2.94 bits per heavy atom. The van der Waals surface area contributed by atoms with E-state index in [4.69, 9.17) is 0 Å². The molecule has 0 aliphatic heterocycles. The molecule has 0 amide bonds. The Morgan fingerprint density at radius 1 is 1.35 bits per heavy atom. The van der Waals surface area contributed by atoms with Gasteiger partial charge in [-0.3, -0.25) is 9.78 Å². The summed E-state index contributed by atoms with van der Waals surface area (Å²) in [4.78, 5) is 16.2. The van der Waals surface area contributed by atoms with E-state index in [0.717, 1.165) is 28.5 Å². The molecule has 0 aliphatic rings. The summed E-state index contributed by atoms with van der Waals surface area (Å²) in [5.41, 5.74) is 2.62. The average Bonchev–Trinajstić information content (AvgIpc) is 2.38. The highest BCUT2D eigenvalue weighted by Gasteiger charge is 2.07. The first-order valence-corrected chi connectivity index (χ1v) is 5.75. The van der Waals surface area contributed by atoms with Gasteiger partial charge >= 0.3 is 0 Å². The monoisotopic (exact) mass is 225 g/mol. The molecule has 0 fully saturated rings. The number of fused-ring (bicyclic) bond motifs is 1. The number of benzene rings is 1. The van der Waals surface area contributed by atoms with Gasteiger partial charge in [-0.15, -0.1) is 0 Å². The van der Waals surface area contributed by atoms with Crippen molar-refractivity contribution in [3.8, 4) is 0 Å². The largest absolute Gasteiger partial charge is 0.294 e. The molecule has 2 aromatic rings. The predicted molar refractivity (Wildman–Crippen MR) is 70.1 cm³/mol. The molecule has 0 saturated carbocycles. The fourth-order valence-corrected chi connectivity index (χ4v) is 1.70. The van der Waals surface area contributed by atoms with Gasteiger partial charge in [0, 0.05) is 23.6 Å². The Kier molecular flexibility index (Phi) is 3.33. The topological polar surface area (TPSA) is 30.0 Å². The Morgan fingerprint density at radius 2 is 2.18 bits per heavy atom. The van der Waals surface area contributed by atoms with Gasteiger partial charge in [-0.25, -0.2) is 0 Å². The third kappa shape index (κ3) is 2.59. The quantitative estimate of drug-likeness (QED) is 0.585. The minimum Gasteiger partial charge on any atom is -0.294 e. The van der Waals surface area contributed by atoms with E-state index >= 15 is 0 Å². The molecule has 0 unspecified atom stereocenters. The van der Waals surface area contributed by atoms with Gasteiger partial charge < -0.3 is 0 Å². The fraction of sp³-hybridized carbons (Fsp3) is 0.200. The lowest BCUT2D eigenvalue weighted by atomic mass is 10.0. The second-order valence-electron chi connectivity index (χ2n) is 4.11. The number of ketones is 1. The van der Waals surface area contributed by atoms with Crippen molar-refractivity contribution in [1.29, 1.82) is 0 Å². The summed E-state index contributed by atoms with van der Waals surface area (Å²) >= 11 is 0. The van der Waals surface area contributed by atoms with Crippen LogP contribution in [0.25, 0.3) is 10.9 Å². The van der Waals surface area contributed by atoms with Crippen LogP contribution in [0.4, 0.5) is 0 Å². The smallest absolute Gasteiger partial charge is 0.166 e. The Bertz CT molecular complexity index is 572. The molecule has 0 atom stereocenters. The molecule has 86 valence electrons. The van der Waals surface area contributed by atoms with Crippen molar-refractivity contribution < 1.29 is 4.79 Å². The fourth-order valence-electron chi connectivity index (χ4n) is 1.70. The van der Waals surface area contributed by atoms with Crippen molar-refractivity contribution >= 4 is 16.7 Å². The van der Waals surface area contributed by atoms with E-state index in [9.17, 15) is 4.79 Å². The maximum absolute atomic E-state index is 12.0. The number of allylic oxidation sites excluding steroid dienone is 1. The summed E-state index contributed by atoms with van der Waals surface area (Å²) in [5, 5.41) is 1.00. The molecule has 0 spiro atoms. The van der Waals surface area contributed by atoms with E-state index in [-0.39, 0.29) is 5.78 Å². The Labute approximate surface area is 101 Å². The molecule has 1 aromatic heterocycles. The van der Waals surface area contributed by atoms with Crippen LogP contribution in [0.5, 0.6) is 0 Å². The van der Waals surface area contributed by atoms with E-state index in [1.165, 1.54) is 0 Å². The van der Waals surface area contributed by atoms with Crippen LogP contribution in [0.15, 0.2) is 48.7 Å². The molecule has 2 heteroatoms. The molecule has 0 aliphatic carbocycles. The van der Waals surface area contributed by atoms with Crippen molar-refractivity contribution in [1.82, 2.24) is 4.98 Å². The van der Waals surface area contributed by atoms with E-state index in [1.54, 1.807) is 6.20 Å². The third-order valence-electron chi connectivity index (χ3n) is 2.84. The number of hydrogen-bond donors (Lipinski definition) is 0. The summed E-state index contributed by atoms with van der Waals surface area (Å²) in [6, 6.07) is 9.46. The maximum Gasteiger partial charge on any atom is 0.166 e. The van der Waals surface area contributed by atoms with E-state index in [1.807, 2.05) is 37.3 Å². The SMILES string of the molecule is C=C(CC)CC(=O)c1ccc2ncccc2c1. The van der Waals surface area contributed by atoms with Gasteiger partial charge in [-0.05, 0) is 30.7 Å². The summed E-state index contributed by atoms with van der Waals surface area (Å²) < 4.78 is 0. The molecular weight excluding hydrogens is 210 g/mol. The van der Waals surface area contributed by atoms with Crippen molar-refractivity contribution in [3.63, 3.8) is 0 Å². The number of carbonyl (C=O) groups is 1. The lowest BCUT2D eigenvalue weighted by molar-refractivity contribution is 0.0992. The van der Waals surface area contributed by atoms with Gasteiger partial charge in [0.1, 0.15) is 0 Å². The standard InChI is InChI=1S/C15H15NO/c1-3-11(2)9-15(17)13-6-7-14-12(10-13)5-4-8-16-14/h4-8,10H,2-3,9H2,1H3. The molecule has 1 aromatic carbocycles. The van der Waals surface area contributed by atoms with Gasteiger partial charge in [0.05, 0.1) is 5.52 Å². The van der Waals surface area contributed by atoms with Gasteiger partial charge in [0.25, 0.3) is 0 Å². The zero-order valence-electron chi connectivity index (χ0n) is 9.94. The van der Waals surface area contributed by atoms with Crippen LogP contribution in [0.3, 0.4) is 0 Å². The van der Waals surface area contributed by atoms with Crippen LogP contribution in [0.2, 0.25) is 0 Å². The highest BCUT2D eigenvalue weighted by atomic mass is 16.1. The molecule has 1 heterocycles. The lowest BCUT2D eigenvalue weighted by Crippen LogP contribution is -2.00. The highest BCUT2D eigenvalue weighted by Crippen LogP contribution is 2.16. The molecule has 0 N–H and O–H groups in total. The molecular formula is C15H15NO. The van der Waals surface area contributed by atoms with E-state index < -0.39 is 0 Å². The Balaban J connectivity index is 2.30. The third-order valence-corrected chi connectivity index (χ3v) is 2.84. The summed E-state index contributed by atoms with van der Waals surface area (Å²) in [7, 11) is 0. The van der Waals surface area contributed by atoms with Crippen LogP contribution in [0, 0.1) is 0 Å². The molecule has 0 radical (unpaired) electrons. The number of pyridine rings is 1. The zero-order chi connectivity index (χ0) is 12.3. The molecule has 2 rings (SSSR count). The van der Waals surface area contributed by atoms with Crippen molar-refractivity contribution in [2.75, 3.05) is 0 Å². The average molecular weight is 225 g/mol. The van der Waals surface area contributed by atoms with Gasteiger partial charge in [0.15, 0.2) is 5.78 Å². The van der Waals surface area contributed by atoms with Crippen LogP contribution in [0.1, 0.15) is 30.1 Å². The highest BCUT2D eigenvalue weighted by molar-refractivity contribution is 6.00. The minimum atomic E-state index is 0.127. The van der Waals surface area contributed by atoms with Crippen LogP contribution in [-0.4, -0.2) is 10.8 Å². The van der Waals surface area contributed by atoms with E-state index in [2.05, 4.69) is 11.6 Å². The van der Waals surface area contributed by atoms with Gasteiger partial charge in [-0.2, -0.15) is 0 Å². The molecule has 2 nitrogen and oxygen atoms in total. The summed E-state index contributed by atoms with van der Waals surface area (Å²) in [6.45, 7) is 5.88. The van der Waals surface area contributed by atoms with Crippen LogP contribution in [-0.2, 0) is 0 Å².